The molecule has 4 heteroatoms. The first-order valence-corrected chi connectivity index (χ1v) is 11.2. The van der Waals surface area contributed by atoms with Crippen LogP contribution in [0.4, 0.5) is 4.79 Å². The molecule has 27 heavy (non-hydrogen) atoms. The van der Waals surface area contributed by atoms with Crippen molar-refractivity contribution in [1.29, 1.82) is 0 Å². The number of piperidine rings is 1. The van der Waals surface area contributed by atoms with E-state index < -0.39 is 0 Å². The lowest BCUT2D eigenvalue weighted by Crippen LogP contribution is -2.44. The third kappa shape index (κ3) is 5.97. The molecule has 2 aromatic carbocycles. The van der Waals surface area contributed by atoms with Gasteiger partial charge in [0, 0.05) is 24.1 Å². The monoisotopic (exact) mass is 430 g/mol. The van der Waals surface area contributed by atoms with Crippen molar-refractivity contribution in [3.63, 3.8) is 0 Å². The predicted octanol–water partition coefficient (Wildman–Crippen LogP) is 6.49. The molecule has 3 nitrogen and oxygen atoms in total. The molecule has 1 fully saturated rings. The minimum atomic E-state index is 0.0776. The molecule has 0 aromatic heterocycles. The number of carbonyl (C=O) groups is 1. The van der Waals surface area contributed by atoms with Crippen LogP contribution in [0.2, 0.25) is 0 Å². The van der Waals surface area contributed by atoms with Crippen LogP contribution in [0.1, 0.15) is 57.4 Å². The highest BCUT2D eigenvalue weighted by Gasteiger charge is 2.22. The van der Waals surface area contributed by atoms with E-state index in [-0.39, 0.29) is 6.03 Å². The topological polar surface area (TPSA) is 32.3 Å². The molecule has 0 unspecified atom stereocenters. The second kappa shape index (κ2) is 10.1. The first-order chi connectivity index (χ1) is 13.2. The largest absolute Gasteiger partial charge is 0.334 e. The average Bonchev–Trinajstić information content (AvgIpc) is 2.69. The van der Waals surface area contributed by atoms with Gasteiger partial charge in [0.2, 0.25) is 0 Å². The fourth-order valence-corrected chi connectivity index (χ4v) is 4.33. The van der Waals surface area contributed by atoms with Crippen LogP contribution in [0.5, 0.6) is 0 Å². The fraction of sp³-hybridized carbons (Fsp3) is 0.522. The molecule has 1 aliphatic rings. The lowest BCUT2D eigenvalue weighted by atomic mass is 9.91. The van der Waals surface area contributed by atoms with Gasteiger partial charge >= 0.3 is 6.03 Å². The molecule has 146 valence electrons. The van der Waals surface area contributed by atoms with Crippen LogP contribution in [0, 0.1) is 5.92 Å². The number of nitrogens with zero attached hydrogens (tertiary/aromatic N) is 1. The molecule has 0 spiro atoms. The molecule has 3 rings (SSSR count). The number of hydrogen-bond acceptors (Lipinski definition) is 1. The normalized spacial score (nSPS) is 15.3. The molecule has 1 saturated heterocycles. The van der Waals surface area contributed by atoms with Gasteiger partial charge < -0.3 is 10.2 Å². The van der Waals surface area contributed by atoms with Gasteiger partial charge in [-0.1, -0.05) is 73.2 Å². The van der Waals surface area contributed by atoms with Crippen molar-refractivity contribution in [3.05, 3.63) is 46.4 Å². The molecule has 0 atom stereocenters. The number of benzene rings is 2. The van der Waals surface area contributed by atoms with E-state index in [9.17, 15) is 4.79 Å². The summed E-state index contributed by atoms with van der Waals surface area (Å²) in [5.74, 6) is 0.810. The van der Waals surface area contributed by atoms with E-state index >= 15 is 0 Å². The first-order valence-electron chi connectivity index (χ1n) is 10.4. The van der Waals surface area contributed by atoms with E-state index in [4.69, 9.17) is 0 Å². The first kappa shape index (κ1) is 20.2. The zero-order valence-electron chi connectivity index (χ0n) is 16.3. The summed E-state index contributed by atoms with van der Waals surface area (Å²) in [6, 6.07) is 12.7. The molecule has 0 radical (unpaired) electrons. The summed E-state index contributed by atoms with van der Waals surface area (Å²) in [4.78, 5) is 14.5. The molecule has 2 aromatic rings. The summed E-state index contributed by atoms with van der Waals surface area (Å²) in [6.07, 6.45) is 9.01. The van der Waals surface area contributed by atoms with Crippen LogP contribution in [0.3, 0.4) is 0 Å². The van der Waals surface area contributed by atoms with Crippen LogP contribution in [-0.4, -0.2) is 24.0 Å². The molecule has 1 aliphatic heterocycles. The molecule has 2 amide bonds. The Morgan fingerprint density at radius 2 is 1.85 bits per heavy atom. The molecule has 0 aliphatic carbocycles. The highest BCUT2D eigenvalue weighted by atomic mass is 79.9. The van der Waals surface area contributed by atoms with Crippen LogP contribution < -0.4 is 5.32 Å². The number of carbonyl (C=O) groups excluding carboxylic acids is 1. The van der Waals surface area contributed by atoms with Crippen molar-refractivity contribution in [3.8, 4) is 0 Å². The number of hydrogen-bond donors (Lipinski definition) is 1. The van der Waals surface area contributed by atoms with Crippen molar-refractivity contribution in [1.82, 2.24) is 10.2 Å². The Bertz CT molecular complexity index is 753. The van der Waals surface area contributed by atoms with E-state index in [0.29, 0.717) is 6.54 Å². The van der Waals surface area contributed by atoms with E-state index in [1.165, 1.54) is 42.9 Å². The number of halogens is 1. The van der Waals surface area contributed by atoms with Gasteiger partial charge in [-0.25, -0.2) is 4.79 Å². The second-order valence-electron chi connectivity index (χ2n) is 7.76. The van der Waals surface area contributed by atoms with Gasteiger partial charge in [-0.3, -0.25) is 0 Å². The van der Waals surface area contributed by atoms with Gasteiger partial charge in [-0.15, -0.1) is 0 Å². The maximum absolute atomic E-state index is 12.5. The van der Waals surface area contributed by atoms with Crippen molar-refractivity contribution < 1.29 is 4.79 Å². The lowest BCUT2D eigenvalue weighted by molar-refractivity contribution is 0.167. The number of amides is 2. The Balaban J connectivity index is 1.43. The van der Waals surface area contributed by atoms with E-state index in [2.05, 4.69) is 64.6 Å². The molecule has 0 saturated carbocycles. The van der Waals surface area contributed by atoms with Crippen LogP contribution in [0.15, 0.2) is 40.9 Å². The molecule has 1 N–H and O–H groups in total. The number of likely N-dealkylation sites (tertiary alicyclic amines) is 1. The number of fused-ring (bicyclic) bond motifs is 1. The quantitative estimate of drug-likeness (QED) is 0.499. The number of rotatable bonds is 7. The summed E-state index contributed by atoms with van der Waals surface area (Å²) in [5, 5.41) is 5.51. The van der Waals surface area contributed by atoms with E-state index in [1.54, 1.807) is 0 Å². The minimum absolute atomic E-state index is 0.0776. The van der Waals surface area contributed by atoms with Crippen molar-refractivity contribution in [2.75, 3.05) is 13.1 Å². The van der Waals surface area contributed by atoms with Crippen molar-refractivity contribution in [2.45, 2.75) is 58.4 Å². The van der Waals surface area contributed by atoms with E-state index in [1.807, 2.05) is 4.90 Å². The molecular formula is C23H31BrN2O. The SMILES string of the molecule is CCCCCCC1CCN(C(=O)NCc2ccc3ccc(Br)cc3c2)CC1. The smallest absolute Gasteiger partial charge is 0.317 e. The molecular weight excluding hydrogens is 400 g/mol. The molecule has 1 heterocycles. The van der Waals surface area contributed by atoms with Gasteiger partial charge in [0.1, 0.15) is 0 Å². The Labute approximate surface area is 171 Å². The Kier molecular flexibility index (Phi) is 7.57. The third-order valence-corrected chi connectivity index (χ3v) is 6.17. The minimum Gasteiger partial charge on any atom is -0.334 e. The maximum Gasteiger partial charge on any atom is 0.317 e. The van der Waals surface area contributed by atoms with Gasteiger partial charge in [-0.05, 0) is 53.3 Å². The van der Waals surface area contributed by atoms with Gasteiger partial charge in [0.05, 0.1) is 0 Å². The second-order valence-corrected chi connectivity index (χ2v) is 8.68. The van der Waals surface area contributed by atoms with Gasteiger partial charge in [-0.2, -0.15) is 0 Å². The van der Waals surface area contributed by atoms with Crippen LogP contribution >= 0.6 is 15.9 Å². The summed E-state index contributed by atoms with van der Waals surface area (Å²) in [7, 11) is 0. The van der Waals surface area contributed by atoms with Crippen molar-refractivity contribution in [2.24, 2.45) is 5.92 Å². The predicted molar refractivity (Wildman–Crippen MR) is 117 cm³/mol. The van der Waals surface area contributed by atoms with Crippen LogP contribution in [-0.2, 0) is 6.54 Å². The number of urea groups is 1. The van der Waals surface area contributed by atoms with Gasteiger partial charge in [0.25, 0.3) is 0 Å². The van der Waals surface area contributed by atoms with Crippen molar-refractivity contribution >= 4 is 32.7 Å². The van der Waals surface area contributed by atoms with Crippen LogP contribution in [0.25, 0.3) is 10.8 Å². The maximum atomic E-state index is 12.5. The number of nitrogens with one attached hydrogen (secondary N) is 1. The summed E-state index contributed by atoms with van der Waals surface area (Å²) in [6.45, 7) is 4.64. The fourth-order valence-electron chi connectivity index (χ4n) is 3.95. The zero-order valence-corrected chi connectivity index (χ0v) is 17.9. The van der Waals surface area contributed by atoms with E-state index in [0.717, 1.165) is 41.9 Å². The molecule has 0 bridgehead atoms. The lowest BCUT2D eigenvalue weighted by Gasteiger charge is -2.32. The number of unbranched alkanes of at least 4 members (excludes halogenated alkanes) is 3. The highest BCUT2D eigenvalue weighted by molar-refractivity contribution is 9.10. The zero-order chi connectivity index (χ0) is 19.1. The highest BCUT2D eigenvalue weighted by Crippen LogP contribution is 2.24. The average molecular weight is 431 g/mol. The Hall–Kier alpha value is -1.55. The van der Waals surface area contributed by atoms with Gasteiger partial charge in [0.15, 0.2) is 0 Å². The third-order valence-electron chi connectivity index (χ3n) is 5.68. The summed E-state index contributed by atoms with van der Waals surface area (Å²) >= 11 is 3.52. The Morgan fingerprint density at radius 1 is 1.07 bits per heavy atom. The summed E-state index contributed by atoms with van der Waals surface area (Å²) < 4.78 is 1.08. The standard InChI is InChI=1S/C23H31BrN2O/c1-2-3-4-5-6-18-11-13-26(14-12-18)23(27)25-17-19-7-8-20-9-10-22(24)16-21(20)15-19/h7-10,15-16,18H,2-6,11-14,17H2,1H3,(H,25,27). The Morgan fingerprint density at radius 3 is 2.63 bits per heavy atom. The summed E-state index contributed by atoms with van der Waals surface area (Å²) in [5.41, 5.74) is 1.14.